The van der Waals surface area contributed by atoms with Crippen molar-refractivity contribution in [1.82, 2.24) is 0 Å². The quantitative estimate of drug-likeness (QED) is 0.728. The van der Waals surface area contributed by atoms with Crippen LogP contribution in [0.2, 0.25) is 0 Å². The average molecular weight is 334 g/mol. The zero-order chi connectivity index (χ0) is 18.4. The molecule has 4 heteroatoms. The van der Waals surface area contributed by atoms with Crippen LogP contribution in [-0.4, -0.2) is 23.1 Å². The lowest BCUT2D eigenvalue weighted by Gasteiger charge is -2.25. The van der Waals surface area contributed by atoms with Crippen LogP contribution in [0.3, 0.4) is 0 Å². The van der Waals surface area contributed by atoms with Crippen LogP contribution < -0.4 is 0 Å². The van der Waals surface area contributed by atoms with Gasteiger partial charge in [-0.25, -0.2) is 0 Å². The lowest BCUT2D eigenvalue weighted by atomic mass is 9.96. The van der Waals surface area contributed by atoms with Crippen molar-refractivity contribution in [2.45, 2.75) is 72.0 Å². The summed E-state index contributed by atoms with van der Waals surface area (Å²) in [7, 11) is 0. The van der Waals surface area contributed by atoms with Gasteiger partial charge in [-0.3, -0.25) is 9.59 Å². The van der Waals surface area contributed by atoms with E-state index in [0.29, 0.717) is 12.8 Å². The Hall–Kier alpha value is -1.84. The number of hydrogen-bond donors (Lipinski definition) is 0. The molecule has 0 aliphatic rings. The molecule has 0 aromatic heterocycles. The molecular formula is C20H30O4. The Morgan fingerprint density at radius 1 is 0.917 bits per heavy atom. The Balaban J connectivity index is 2.75. The number of aryl methyl sites for hydroxylation is 1. The molecule has 0 saturated carbocycles. The number of rotatable bonds is 6. The van der Waals surface area contributed by atoms with Crippen molar-refractivity contribution < 1.29 is 19.1 Å². The summed E-state index contributed by atoms with van der Waals surface area (Å²) >= 11 is 0. The number of carbonyl (C=O) groups is 2. The highest BCUT2D eigenvalue weighted by molar-refractivity contribution is 5.80. The normalized spacial score (nSPS) is 13.2. The molecule has 0 aliphatic carbocycles. The molecule has 1 atom stereocenters. The van der Waals surface area contributed by atoms with Gasteiger partial charge in [0, 0.05) is 0 Å². The smallest absolute Gasteiger partial charge is 0.310 e. The predicted octanol–water partition coefficient (Wildman–Crippen LogP) is 4.31. The summed E-state index contributed by atoms with van der Waals surface area (Å²) in [6.45, 7) is 10.9. The first-order chi connectivity index (χ1) is 11.0. The van der Waals surface area contributed by atoms with Crippen LogP contribution >= 0.6 is 0 Å². The second-order valence-corrected chi connectivity index (χ2v) is 8.05. The van der Waals surface area contributed by atoms with Crippen molar-refractivity contribution in [3.63, 3.8) is 0 Å². The summed E-state index contributed by atoms with van der Waals surface area (Å²) in [5, 5.41) is 0. The summed E-state index contributed by atoms with van der Waals surface area (Å²) < 4.78 is 10.8. The Bertz CT molecular complexity index is 535. The van der Waals surface area contributed by atoms with Crippen LogP contribution in [0.5, 0.6) is 0 Å². The van der Waals surface area contributed by atoms with Gasteiger partial charge >= 0.3 is 11.9 Å². The lowest BCUT2D eigenvalue weighted by Crippen LogP contribution is -2.32. The Morgan fingerprint density at radius 3 is 1.96 bits per heavy atom. The molecule has 24 heavy (non-hydrogen) atoms. The number of benzene rings is 1. The zero-order valence-electron chi connectivity index (χ0n) is 15.7. The average Bonchev–Trinajstić information content (AvgIpc) is 2.40. The highest BCUT2D eigenvalue weighted by Gasteiger charge is 2.29. The van der Waals surface area contributed by atoms with Crippen LogP contribution in [0.4, 0.5) is 0 Å². The summed E-state index contributed by atoms with van der Waals surface area (Å²) in [4.78, 5) is 24.6. The van der Waals surface area contributed by atoms with E-state index in [9.17, 15) is 9.59 Å². The van der Waals surface area contributed by atoms with Crippen molar-refractivity contribution in [2.24, 2.45) is 5.92 Å². The third-order valence-electron chi connectivity index (χ3n) is 3.20. The van der Waals surface area contributed by atoms with Gasteiger partial charge in [-0.2, -0.15) is 0 Å². The highest BCUT2D eigenvalue weighted by Crippen LogP contribution is 2.21. The number of hydrogen-bond acceptors (Lipinski definition) is 4. The first-order valence-corrected chi connectivity index (χ1v) is 8.45. The predicted molar refractivity (Wildman–Crippen MR) is 94.6 cm³/mol. The van der Waals surface area contributed by atoms with Gasteiger partial charge in [0.1, 0.15) is 11.2 Å². The minimum absolute atomic E-state index is 0.0407. The van der Waals surface area contributed by atoms with Crippen LogP contribution in [0, 0.1) is 5.92 Å². The monoisotopic (exact) mass is 334 g/mol. The second-order valence-electron chi connectivity index (χ2n) is 8.05. The molecule has 1 aromatic carbocycles. The topological polar surface area (TPSA) is 52.6 Å². The molecule has 1 unspecified atom stereocenters. The summed E-state index contributed by atoms with van der Waals surface area (Å²) in [5.74, 6) is -1.21. The van der Waals surface area contributed by atoms with E-state index >= 15 is 0 Å². The van der Waals surface area contributed by atoms with Gasteiger partial charge in [0.05, 0.1) is 12.3 Å². The molecule has 0 N–H and O–H groups in total. The Morgan fingerprint density at radius 2 is 1.46 bits per heavy atom. The van der Waals surface area contributed by atoms with Crippen molar-refractivity contribution in [3.8, 4) is 0 Å². The minimum Gasteiger partial charge on any atom is -0.460 e. The fraction of sp³-hybridized carbons (Fsp3) is 0.600. The molecule has 0 spiro atoms. The standard InChI is InChI=1S/C20H30O4/c1-19(2,3)23-17(21)14-16(18(22)24-20(4,5)6)13-12-15-10-8-7-9-11-15/h7-11,16H,12-14H2,1-6H3. The Labute approximate surface area is 145 Å². The maximum atomic E-state index is 12.5. The van der Waals surface area contributed by atoms with Gasteiger partial charge in [-0.1, -0.05) is 30.3 Å². The lowest BCUT2D eigenvalue weighted by molar-refractivity contribution is -0.167. The zero-order valence-corrected chi connectivity index (χ0v) is 15.7. The van der Waals surface area contributed by atoms with E-state index < -0.39 is 17.1 Å². The molecule has 0 radical (unpaired) electrons. The molecule has 4 nitrogen and oxygen atoms in total. The molecule has 0 saturated heterocycles. The van der Waals surface area contributed by atoms with Gasteiger partial charge in [0.2, 0.25) is 0 Å². The van der Waals surface area contributed by atoms with E-state index in [4.69, 9.17) is 9.47 Å². The van der Waals surface area contributed by atoms with Gasteiger partial charge in [0.15, 0.2) is 0 Å². The molecule has 0 fully saturated rings. The molecule has 0 bridgehead atoms. The number of ether oxygens (including phenoxy) is 2. The van der Waals surface area contributed by atoms with Crippen LogP contribution in [0.1, 0.15) is 59.9 Å². The first-order valence-electron chi connectivity index (χ1n) is 8.45. The van der Waals surface area contributed by atoms with Crippen LogP contribution in [0.25, 0.3) is 0 Å². The van der Waals surface area contributed by atoms with E-state index in [1.165, 1.54) is 0 Å². The summed E-state index contributed by atoms with van der Waals surface area (Å²) in [6, 6.07) is 9.91. The maximum Gasteiger partial charge on any atom is 0.310 e. The van der Waals surface area contributed by atoms with Gasteiger partial charge < -0.3 is 9.47 Å². The third kappa shape index (κ3) is 8.70. The van der Waals surface area contributed by atoms with Crippen molar-refractivity contribution in [1.29, 1.82) is 0 Å². The third-order valence-corrected chi connectivity index (χ3v) is 3.20. The van der Waals surface area contributed by atoms with E-state index in [1.807, 2.05) is 71.9 Å². The number of carbonyl (C=O) groups excluding carboxylic acids is 2. The van der Waals surface area contributed by atoms with Gasteiger partial charge in [-0.15, -0.1) is 0 Å². The van der Waals surface area contributed by atoms with Crippen LogP contribution in [-0.2, 0) is 25.5 Å². The fourth-order valence-corrected chi connectivity index (χ4v) is 2.26. The first kappa shape index (κ1) is 20.2. The molecule has 1 rings (SSSR count). The summed E-state index contributed by atoms with van der Waals surface area (Å²) in [6.07, 6.45) is 1.31. The molecule has 1 aromatic rings. The van der Waals surface area contributed by atoms with Crippen LogP contribution in [0.15, 0.2) is 30.3 Å². The molecular weight excluding hydrogens is 304 g/mol. The minimum atomic E-state index is -0.573. The van der Waals surface area contributed by atoms with E-state index in [2.05, 4.69) is 0 Å². The summed E-state index contributed by atoms with van der Waals surface area (Å²) in [5.41, 5.74) is 0.000567. The Kier molecular flexibility index (Phi) is 7.00. The van der Waals surface area contributed by atoms with Crippen molar-refractivity contribution in [3.05, 3.63) is 35.9 Å². The van der Waals surface area contributed by atoms with E-state index in [0.717, 1.165) is 5.56 Å². The SMILES string of the molecule is CC(C)(C)OC(=O)CC(CCc1ccccc1)C(=O)OC(C)(C)C. The number of esters is 2. The molecule has 134 valence electrons. The molecule has 0 amide bonds. The van der Waals surface area contributed by atoms with E-state index in [1.54, 1.807) is 0 Å². The fourth-order valence-electron chi connectivity index (χ4n) is 2.26. The molecule has 0 heterocycles. The largest absolute Gasteiger partial charge is 0.460 e. The van der Waals surface area contributed by atoms with Crippen molar-refractivity contribution >= 4 is 11.9 Å². The van der Waals surface area contributed by atoms with Gasteiger partial charge in [-0.05, 0) is 59.9 Å². The molecule has 0 aliphatic heterocycles. The van der Waals surface area contributed by atoms with Crippen molar-refractivity contribution in [2.75, 3.05) is 0 Å². The maximum absolute atomic E-state index is 12.5. The van der Waals surface area contributed by atoms with E-state index in [-0.39, 0.29) is 18.4 Å². The second kappa shape index (κ2) is 8.32. The highest BCUT2D eigenvalue weighted by atomic mass is 16.6. The van der Waals surface area contributed by atoms with Gasteiger partial charge in [0.25, 0.3) is 0 Å².